The first-order valence-corrected chi connectivity index (χ1v) is 10.6. The average Bonchev–Trinajstić information content (AvgIpc) is 3.11. The van der Waals surface area contributed by atoms with Gasteiger partial charge in [-0.15, -0.1) is 11.3 Å². The van der Waals surface area contributed by atoms with E-state index >= 15 is 4.39 Å². The molecule has 32 heavy (non-hydrogen) atoms. The number of amides is 1. The van der Waals surface area contributed by atoms with E-state index in [1.54, 1.807) is 57.2 Å². The van der Waals surface area contributed by atoms with Gasteiger partial charge < -0.3 is 14.2 Å². The first kappa shape index (κ1) is 23.3. The normalized spacial score (nSPS) is 11.1. The van der Waals surface area contributed by atoms with Crippen molar-refractivity contribution in [2.24, 2.45) is 0 Å². The van der Waals surface area contributed by atoms with Crippen LogP contribution in [0.25, 0.3) is 21.6 Å². The van der Waals surface area contributed by atoms with Crippen LogP contribution in [0.1, 0.15) is 31.1 Å². The summed E-state index contributed by atoms with van der Waals surface area (Å²) in [6, 6.07) is 13.8. The summed E-state index contributed by atoms with van der Waals surface area (Å²) in [5.74, 6) is -1.18. The summed E-state index contributed by atoms with van der Waals surface area (Å²) in [5.41, 5.74) is 0.721. The number of nitrogens with one attached hydrogen (secondary N) is 1. The van der Waals surface area contributed by atoms with Crippen LogP contribution >= 0.6 is 11.3 Å². The molecule has 1 amide bonds. The number of hydrogen-bond donors (Lipinski definition) is 1. The van der Waals surface area contributed by atoms with Gasteiger partial charge in [0, 0.05) is 16.0 Å². The lowest BCUT2D eigenvalue weighted by Gasteiger charge is -2.19. The van der Waals surface area contributed by atoms with Gasteiger partial charge in [0.05, 0.1) is 14.2 Å². The monoisotopic (exact) mass is 457 g/mol. The highest BCUT2D eigenvalue weighted by Crippen LogP contribution is 2.48. The number of carbonyl (C=O) groups is 2. The molecule has 168 valence electrons. The number of ether oxygens (including phenoxy) is 3. The topological polar surface area (TPSA) is 73.9 Å². The molecule has 2 aromatic carbocycles. The van der Waals surface area contributed by atoms with Crippen molar-refractivity contribution < 1.29 is 28.2 Å². The van der Waals surface area contributed by atoms with Gasteiger partial charge in [-0.1, -0.05) is 42.5 Å². The van der Waals surface area contributed by atoms with Crippen molar-refractivity contribution in [2.45, 2.75) is 26.4 Å². The van der Waals surface area contributed by atoms with E-state index in [0.717, 1.165) is 11.3 Å². The molecule has 8 heteroatoms. The van der Waals surface area contributed by atoms with Crippen LogP contribution < -0.4 is 10.1 Å². The minimum atomic E-state index is -0.739. The molecule has 1 heterocycles. The lowest BCUT2D eigenvalue weighted by molar-refractivity contribution is 0.0603. The average molecular weight is 458 g/mol. The second-order valence-electron chi connectivity index (χ2n) is 7.82. The molecule has 0 atom stereocenters. The van der Waals surface area contributed by atoms with Gasteiger partial charge in [-0.25, -0.2) is 14.0 Å². The highest BCUT2D eigenvalue weighted by molar-refractivity contribution is 7.20. The number of hydrogen-bond acceptors (Lipinski definition) is 6. The lowest BCUT2D eigenvalue weighted by Crippen LogP contribution is -2.27. The predicted octanol–water partition coefficient (Wildman–Crippen LogP) is 6.36. The maximum atomic E-state index is 15.2. The Morgan fingerprint density at radius 2 is 1.69 bits per heavy atom. The third kappa shape index (κ3) is 4.91. The summed E-state index contributed by atoms with van der Waals surface area (Å²) >= 11 is 1.06. The summed E-state index contributed by atoms with van der Waals surface area (Å²) in [7, 11) is 2.63. The summed E-state index contributed by atoms with van der Waals surface area (Å²) < 4.78 is 30.7. The van der Waals surface area contributed by atoms with Crippen molar-refractivity contribution in [3.63, 3.8) is 0 Å². The third-order valence-electron chi connectivity index (χ3n) is 4.40. The molecule has 1 aromatic heterocycles. The zero-order valence-electron chi connectivity index (χ0n) is 18.4. The van der Waals surface area contributed by atoms with E-state index in [4.69, 9.17) is 14.2 Å². The van der Waals surface area contributed by atoms with Crippen molar-refractivity contribution >= 4 is 28.4 Å². The molecule has 0 aliphatic carbocycles. The highest BCUT2D eigenvalue weighted by atomic mass is 32.1. The second-order valence-corrected chi connectivity index (χ2v) is 8.84. The first-order valence-electron chi connectivity index (χ1n) is 9.79. The molecule has 0 aliphatic rings. The van der Waals surface area contributed by atoms with Crippen LogP contribution in [0.3, 0.4) is 0 Å². The number of thiophene rings is 1. The molecular formula is C24H24FNO5S. The first-order chi connectivity index (χ1) is 15.2. The van der Waals surface area contributed by atoms with Crippen molar-refractivity contribution in [3.8, 4) is 27.3 Å². The molecule has 0 bridgehead atoms. The molecule has 1 N–H and O–H groups in total. The SMILES string of the molecule is COC(=O)c1c(NC(=O)OC(C)(C)C)sc(-c2cccc(OC)c2F)c1-c1ccccc1. The fourth-order valence-corrected chi connectivity index (χ4v) is 4.34. The maximum absolute atomic E-state index is 15.2. The summed E-state index contributed by atoms with van der Waals surface area (Å²) in [6.07, 6.45) is -0.735. The van der Waals surface area contributed by atoms with Crippen LogP contribution in [0.5, 0.6) is 5.75 Å². The Morgan fingerprint density at radius 1 is 1.00 bits per heavy atom. The van der Waals surface area contributed by atoms with Crippen LogP contribution in [0, 0.1) is 5.82 Å². The Hall–Kier alpha value is -3.39. The van der Waals surface area contributed by atoms with Crippen molar-refractivity contribution in [1.29, 1.82) is 0 Å². The molecule has 0 spiro atoms. The van der Waals surface area contributed by atoms with Crippen molar-refractivity contribution in [1.82, 2.24) is 0 Å². The number of rotatable bonds is 5. The van der Waals surface area contributed by atoms with Crippen LogP contribution in [-0.4, -0.2) is 31.9 Å². The fourth-order valence-electron chi connectivity index (χ4n) is 3.13. The Labute approximate surface area is 189 Å². The number of carbonyl (C=O) groups excluding carboxylic acids is 2. The van der Waals surface area contributed by atoms with Gasteiger partial charge >= 0.3 is 12.1 Å². The molecule has 6 nitrogen and oxygen atoms in total. The minimum Gasteiger partial charge on any atom is -0.494 e. The van der Waals surface area contributed by atoms with Crippen molar-refractivity contribution in [2.75, 3.05) is 19.5 Å². The van der Waals surface area contributed by atoms with E-state index in [-0.39, 0.29) is 21.9 Å². The van der Waals surface area contributed by atoms with E-state index in [0.29, 0.717) is 16.0 Å². The Bertz CT molecular complexity index is 1140. The van der Waals surface area contributed by atoms with Crippen LogP contribution in [0.4, 0.5) is 14.2 Å². The zero-order chi connectivity index (χ0) is 23.5. The van der Waals surface area contributed by atoms with Gasteiger partial charge in [-0.2, -0.15) is 0 Å². The van der Waals surface area contributed by atoms with Gasteiger partial charge in [0.1, 0.15) is 16.2 Å². The number of esters is 1. The fraction of sp³-hybridized carbons (Fsp3) is 0.250. The molecule has 0 saturated heterocycles. The third-order valence-corrected chi connectivity index (χ3v) is 5.54. The largest absolute Gasteiger partial charge is 0.494 e. The van der Waals surface area contributed by atoms with E-state index in [1.807, 2.05) is 6.07 Å². The number of benzene rings is 2. The number of methoxy groups -OCH3 is 2. The molecule has 3 aromatic rings. The Balaban J connectivity index is 2.28. The molecule has 0 aliphatic heterocycles. The molecule has 0 radical (unpaired) electrons. The molecule has 0 fully saturated rings. The Kier molecular flexibility index (Phi) is 6.84. The highest BCUT2D eigenvalue weighted by Gasteiger charge is 2.30. The summed E-state index contributed by atoms with van der Waals surface area (Å²) in [5, 5.41) is 2.83. The van der Waals surface area contributed by atoms with Crippen LogP contribution in [0.15, 0.2) is 48.5 Å². The van der Waals surface area contributed by atoms with Crippen LogP contribution in [0.2, 0.25) is 0 Å². The van der Waals surface area contributed by atoms with E-state index in [2.05, 4.69) is 5.32 Å². The van der Waals surface area contributed by atoms with Gasteiger partial charge in [0.15, 0.2) is 11.6 Å². The lowest BCUT2D eigenvalue weighted by atomic mass is 9.97. The van der Waals surface area contributed by atoms with Crippen LogP contribution in [-0.2, 0) is 9.47 Å². The quantitative estimate of drug-likeness (QED) is 0.451. The van der Waals surface area contributed by atoms with Gasteiger partial charge in [0.25, 0.3) is 0 Å². The van der Waals surface area contributed by atoms with Crippen molar-refractivity contribution in [3.05, 3.63) is 59.9 Å². The minimum absolute atomic E-state index is 0.0659. The molecular weight excluding hydrogens is 433 g/mol. The van der Waals surface area contributed by atoms with Gasteiger partial charge in [-0.3, -0.25) is 5.32 Å². The summed E-state index contributed by atoms with van der Waals surface area (Å²) in [4.78, 5) is 25.7. The van der Waals surface area contributed by atoms with Gasteiger partial charge in [-0.05, 0) is 32.4 Å². The van der Waals surface area contributed by atoms with E-state index < -0.39 is 23.5 Å². The van der Waals surface area contributed by atoms with E-state index in [1.165, 1.54) is 20.3 Å². The molecule has 0 saturated carbocycles. The summed E-state index contributed by atoms with van der Waals surface area (Å²) in [6.45, 7) is 5.19. The molecule has 3 rings (SSSR count). The van der Waals surface area contributed by atoms with E-state index in [9.17, 15) is 9.59 Å². The molecule has 0 unspecified atom stereocenters. The zero-order valence-corrected chi connectivity index (χ0v) is 19.3. The van der Waals surface area contributed by atoms with Gasteiger partial charge in [0.2, 0.25) is 0 Å². The number of anilines is 1. The smallest absolute Gasteiger partial charge is 0.412 e. The second kappa shape index (κ2) is 9.40. The maximum Gasteiger partial charge on any atom is 0.412 e. The number of halogens is 1. The standard InChI is InChI=1S/C24H24FNO5S/c1-24(2,3)31-23(28)26-21-18(22(27)30-5)17(14-10-7-6-8-11-14)20(32-21)15-12-9-13-16(29-4)19(15)25/h6-13H,1-5H3,(H,26,28). The Morgan fingerprint density at radius 3 is 2.28 bits per heavy atom. The predicted molar refractivity (Wildman–Crippen MR) is 123 cm³/mol.